The summed E-state index contributed by atoms with van der Waals surface area (Å²) in [6, 6.07) is 0.458. The van der Waals surface area contributed by atoms with Crippen molar-refractivity contribution in [2.75, 3.05) is 32.8 Å². The molecule has 1 fully saturated rings. The van der Waals surface area contributed by atoms with Crippen molar-refractivity contribution in [1.29, 1.82) is 0 Å². The van der Waals surface area contributed by atoms with E-state index in [9.17, 15) is 0 Å². The molecule has 5 nitrogen and oxygen atoms in total. The van der Waals surface area contributed by atoms with E-state index >= 15 is 0 Å². The molecule has 0 unspecified atom stereocenters. The number of nitrogens with zero attached hydrogens (tertiary/aromatic N) is 3. The number of likely N-dealkylation sites (tertiary alicyclic amines) is 1. The topological polar surface area (TPSA) is 53.3 Å². The average Bonchev–Trinajstić information content (AvgIpc) is 2.95. The minimum atomic E-state index is 0.355. The highest BCUT2D eigenvalue weighted by atomic mass is 16.3. The maximum atomic E-state index is 9.15. The molecule has 1 aliphatic rings. The molecule has 0 bridgehead atoms. The van der Waals surface area contributed by atoms with Crippen molar-refractivity contribution in [3.05, 3.63) is 18.2 Å². The molecule has 1 saturated heterocycles. The maximum absolute atomic E-state index is 9.15. The summed E-state index contributed by atoms with van der Waals surface area (Å²) in [6.45, 7) is 10.1. The summed E-state index contributed by atoms with van der Waals surface area (Å²) in [4.78, 5) is 6.86. The van der Waals surface area contributed by atoms with Crippen LogP contribution in [0.25, 0.3) is 0 Å². The van der Waals surface area contributed by atoms with E-state index in [1.807, 2.05) is 6.20 Å². The van der Waals surface area contributed by atoms with Crippen molar-refractivity contribution in [1.82, 2.24) is 19.8 Å². The molecular formula is C16H30N4O. The Balaban J connectivity index is 1.62. The lowest BCUT2D eigenvalue weighted by Crippen LogP contribution is -2.41. The van der Waals surface area contributed by atoms with E-state index in [1.54, 1.807) is 0 Å². The Bertz CT molecular complexity index is 399. The summed E-state index contributed by atoms with van der Waals surface area (Å²) < 4.78 is 2.24. The van der Waals surface area contributed by atoms with Gasteiger partial charge in [0, 0.05) is 51.1 Å². The Morgan fingerprint density at radius 2 is 2.19 bits per heavy atom. The Hall–Kier alpha value is -0.910. The summed E-state index contributed by atoms with van der Waals surface area (Å²) in [7, 11) is 0. The lowest BCUT2D eigenvalue weighted by molar-refractivity contribution is 0.131. The second-order valence-electron chi connectivity index (χ2n) is 6.17. The van der Waals surface area contributed by atoms with Crippen LogP contribution in [0, 0.1) is 5.92 Å². The first kappa shape index (κ1) is 16.5. The second-order valence-corrected chi connectivity index (χ2v) is 6.17. The lowest BCUT2D eigenvalue weighted by atomic mass is 9.98. The van der Waals surface area contributed by atoms with Crippen LogP contribution in [0.4, 0.5) is 0 Å². The van der Waals surface area contributed by atoms with Gasteiger partial charge in [0.1, 0.15) is 5.82 Å². The molecule has 0 aliphatic carbocycles. The molecule has 1 atom stereocenters. The first-order chi connectivity index (χ1) is 10.2. The zero-order valence-electron chi connectivity index (χ0n) is 13.5. The van der Waals surface area contributed by atoms with Gasteiger partial charge in [-0.3, -0.25) is 0 Å². The lowest BCUT2D eigenvalue weighted by Gasteiger charge is -2.31. The number of rotatable bonds is 8. The molecule has 0 amide bonds. The smallest absolute Gasteiger partial charge is 0.108 e. The Labute approximate surface area is 128 Å². The van der Waals surface area contributed by atoms with E-state index in [4.69, 9.17) is 5.11 Å². The molecule has 0 aromatic carbocycles. The normalized spacial score (nSPS) is 19.0. The standard InChI is InChI=1S/C16H30N4O/c1-3-16-18-7-11-20(16)12-14(2)17-6-10-19-8-4-15(13-21)5-9-19/h7,11,14-15,17,21H,3-6,8-10,12-13H2,1-2H3/t14-/m1/s1. The van der Waals surface area contributed by atoms with Crippen LogP contribution in [-0.2, 0) is 13.0 Å². The van der Waals surface area contributed by atoms with Gasteiger partial charge in [0.25, 0.3) is 0 Å². The molecule has 0 saturated carbocycles. The Kier molecular flexibility index (Phi) is 6.67. The molecule has 1 aliphatic heterocycles. The summed E-state index contributed by atoms with van der Waals surface area (Å²) in [5.41, 5.74) is 0. The molecule has 2 N–H and O–H groups in total. The van der Waals surface area contributed by atoms with E-state index in [1.165, 1.54) is 0 Å². The molecule has 21 heavy (non-hydrogen) atoms. The number of nitrogens with one attached hydrogen (secondary N) is 1. The van der Waals surface area contributed by atoms with Crippen LogP contribution < -0.4 is 5.32 Å². The van der Waals surface area contributed by atoms with Crippen LogP contribution in [0.2, 0.25) is 0 Å². The van der Waals surface area contributed by atoms with E-state index in [-0.39, 0.29) is 0 Å². The highest BCUT2D eigenvalue weighted by molar-refractivity contribution is 4.92. The number of aromatic nitrogens is 2. The zero-order chi connectivity index (χ0) is 15.1. The number of aliphatic hydroxyl groups is 1. The van der Waals surface area contributed by atoms with Crippen molar-refractivity contribution in [3.8, 4) is 0 Å². The summed E-state index contributed by atoms with van der Waals surface area (Å²) in [5, 5.41) is 12.8. The highest BCUT2D eigenvalue weighted by Crippen LogP contribution is 2.15. The first-order valence-electron chi connectivity index (χ1n) is 8.29. The molecule has 1 aromatic heterocycles. The third-order valence-electron chi connectivity index (χ3n) is 4.47. The van der Waals surface area contributed by atoms with Gasteiger partial charge in [-0.15, -0.1) is 0 Å². The first-order valence-corrected chi connectivity index (χ1v) is 8.29. The molecule has 120 valence electrons. The number of aryl methyl sites for hydroxylation is 1. The van der Waals surface area contributed by atoms with Gasteiger partial charge in [-0.25, -0.2) is 4.98 Å². The Morgan fingerprint density at radius 3 is 2.86 bits per heavy atom. The number of hydrogen-bond donors (Lipinski definition) is 2. The number of hydrogen-bond acceptors (Lipinski definition) is 4. The van der Waals surface area contributed by atoms with Crippen LogP contribution in [-0.4, -0.2) is 58.4 Å². The van der Waals surface area contributed by atoms with Gasteiger partial charge in [0.05, 0.1) is 0 Å². The van der Waals surface area contributed by atoms with E-state index in [0.717, 1.165) is 57.8 Å². The zero-order valence-corrected chi connectivity index (χ0v) is 13.5. The SMILES string of the molecule is CCc1nccn1C[C@@H](C)NCCN1CCC(CO)CC1. The maximum Gasteiger partial charge on any atom is 0.108 e. The van der Waals surface area contributed by atoms with Crippen LogP contribution in [0.1, 0.15) is 32.5 Å². The van der Waals surface area contributed by atoms with E-state index < -0.39 is 0 Å². The van der Waals surface area contributed by atoms with Crippen LogP contribution in [0.3, 0.4) is 0 Å². The van der Waals surface area contributed by atoms with Gasteiger partial charge in [-0.05, 0) is 38.8 Å². The molecule has 1 aromatic rings. The van der Waals surface area contributed by atoms with Gasteiger partial charge in [-0.2, -0.15) is 0 Å². The summed E-state index contributed by atoms with van der Waals surface area (Å²) in [6.07, 6.45) is 7.22. The summed E-state index contributed by atoms with van der Waals surface area (Å²) in [5.74, 6) is 1.69. The van der Waals surface area contributed by atoms with Crippen molar-refractivity contribution < 1.29 is 5.11 Å². The average molecular weight is 294 g/mol. The molecule has 5 heteroatoms. The minimum absolute atomic E-state index is 0.355. The van der Waals surface area contributed by atoms with Gasteiger partial charge < -0.3 is 19.9 Å². The largest absolute Gasteiger partial charge is 0.396 e. The fourth-order valence-corrected chi connectivity index (χ4v) is 3.04. The minimum Gasteiger partial charge on any atom is -0.396 e. The molecule has 2 heterocycles. The molecule has 0 radical (unpaired) electrons. The van der Waals surface area contributed by atoms with Gasteiger partial charge in [0.2, 0.25) is 0 Å². The van der Waals surface area contributed by atoms with Crippen LogP contribution in [0.15, 0.2) is 12.4 Å². The van der Waals surface area contributed by atoms with Crippen molar-refractivity contribution >= 4 is 0 Å². The number of piperidine rings is 1. The Morgan fingerprint density at radius 1 is 1.43 bits per heavy atom. The third kappa shape index (κ3) is 5.09. The second kappa shape index (κ2) is 8.51. The molecule has 0 spiro atoms. The van der Waals surface area contributed by atoms with Crippen LogP contribution >= 0.6 is 0 Å². The van der Waals surface area contributed by atoms with Crippen molar-refractivity contribution in [2.24, 2.45) is 5.92 Å². The molecular weight excluding hydrogens is 264 g/mol. The van der Waals surface area contributed by atoms with Crippen LogP contribution in [0.5, 0.6) is 0 Å². The predicted octanol–water partition coefficient (Wildman–Crippen LogP) is 1.13. The van der Waals surface area contributed by atoms with Gasteiger partial charge in [-0.1, -0.05) is 6.92 Å². The third-order valence-corrected chi connectivity index (χ3v) is 4.47. The quantitative estimate of drug-likeness (QED) is 0.755. The van der Waals surface area contributed by atoms with Crippen molar-refractivity contribution in [3.63, 3.8) is 0 Å². The molecule has 2 rings (SSSR count). The number of aliphatic hydroxyl groups excluding tert-OH is 1. The fraction of sp³-hybridized carbons (Fsp3) is 0.812. The van der Waals surface area contributed by atoms with Gasteiger partial charge >= 0.3 is 0 Å². The predicted molar refractivity (Wildman–Crippen MR) is 85.3 cm³/mol. The highest BCUT2D eigenvalue weighted by Gasteiger charge is 2.17. The van der Waals surface area contributed by atoms with Gasteiger partial charge in [0.15, 0.2) is 0 Å². The van der Waals surface area contributed by atoms with E-state index in [0.29, 0.717) is 18.6 Å². The monoisotopic (exact) mass is 294 g/mol. The fourth-order valence-electron chi connectivity index (χ4n) is 3.04. The van der Waals surface area contributed by atoms with E-state index in [2.05, 4.69) is 39.8 Å². The van der Waals surface area contributed by atoms with Crippen molar-refractivity contribution in [2.45, 2.75) is 45.7 Å². The summed E-state index contributed by atoms with van der Waals surface area (Å²) >= 11 is 0. The number of imidazole rings is 1.